The second-order valence-electron chi connectivity index (χ2n) is 11.2. The fraction of sp³-hybridized carbons (Fsp3) is 0.519. The van der Waals surface area contributed by atoms with Crippen molar-refractivity contribution in [1.29, 1.82) is 0 Å². The maximum absolute atomic E-state index is 12.9. The Bertz CT molecular complexity index is 860. The number of benzene rings is 2. The van der Waals surface area contributed by atoms with Gasteiger partial charge in [-0.25, -0.2) is 4.79 Å². The molecule has 2 aromatic carbocycles. The summed E-state index contributed by atoms with van der Waals surface area (Å²) in [5.41, 5.74) is -0.509. The highest BCUT2D eigenvalue weighted by Gasteiger charge is 2.57. The molecule has 1 aliphatic heterocycles. The van der Waals surface area contributed by atoms with Crippen LogP contribution in [-0.4, -0.2) is 43.6 Å². The van der Waals surface area contributed by atoms with Crippen LogP contribution in [0, 0.1) is 5.92 Å². The van der Waals surface area contributed by atoms with Crippen LogP contribution in [-0.2, 0) is 9.16 Å². The minimum absolute atomic E-state index is 0.0338. The standard InChI is InChI=1S/C27H39NO3Si/c1-20(2)24-23(28(24)25(29)31-26(3,4)5)19-30-32(27(6,7)8,21-15-11-9-12-16-21)22-17-13-10-14-18-22/h9-18,20,23-24H,19H2,1-8H3. The molecular weight excluding hydrogens is 414 g/mol. The third kappa shape index (κ3) is 4.94. The molecule has 2 unspecified atom stereocenters. The molecule has 1 heterocycles. The summed E-state index contributed by atoms with van der Waals surface area (Å²) in [6, 6.07) is 21.4. The Morgan fingerprint density at radius 1 is 0.906 bits per heavy atom. The molecule has 0 radical (unpaired) electrons. The first-order valence-corrected chi connectivity index (χ1v) is 13.6. The number of hydrogen-bond acceptors (Lipinski definition) is 3. The fourth-order valence-electron chi connectivity index (χ4n) is 4.79. The highest BCUT2D eigenvalue weighted by molar-refractivity contribution is 6.99. The first-order chi connectivity index (χ1) is 14.9. The van der Waals surface area contributed by atoms with Crippen molar-refractivity contribution >= 4 is 24.8 Å². The molecule has 1 saturated heterocycles. The molecular formula is C27H39NO3Si. The first kappa shape index (κ1) is 24.5. The minimum Gasteiger partial charge on any atom is -0.444 e. The third-order valence-corrected chi connectivity index (χ3v) is 11.2. The van der Waals surface area contributed by atoms with Gasteiger partial charge in [0.1, 0.15) is 5.60 Å². The Kier molecular flexibility index (Phi) is 6.92. The summed E-state index contributed by atoms with van der Waals surface area (Å²) < 4.78 is 12.8. The van der Waals surface area contributed by atoms with Gasteiger partial charge in [-0.15, -0.1) is 0 Å². The Hall–Kier alpha value is -2.11. The Morgan fingerprint density at radius 3 is 1.75 bits per heavy atom. The predicted octanol–water partition coefficient (Wildman–Crippen LogP) is 5.21. The normalized spacial score (nSPS) is 19.2. The molecule has 5 heteroatoms. The van der Waals surface area contributed by atoms with Gasteiger partial charge in [-0.1, -0.05) is 95.3 Å². The quantitative estimate of drug-likeness (QED) is 0.445. The maximum Gasteiger partial charge on any atom is 0.411 e. The molecule has 0 N–H and O–H groups in total. The van der Waals surface area contributed by atoms with E-state index in [4.69, 9.17) is 9.16 Å². The molecule has 2 atom stereocenters. The zero-order valence-electron chi connectivity index (χ0n) is 20.9. The van der Waals surface area contributed by atoms with E-state index in [-0.39, 0.29) is 23.2 Å². The highest BCUT2D eigenvalue weighted by Crippen LogP contribution is 2.40. The fourth-order valence-corrected chi connectivity index (χ4v) is 9.36. The largest absolute Gasteiger partial charge is 0.444 e. The van der Waals surface area contributed by atoms with Crippen molar-refractivity contribution in [3.05, 3.63) is 60.7 Å². The van der Waals surface area contributed by atoms with Crippen LogP contribution in [0.2, 0.25) is 5.04 Å². The van der Waals surface area contributed by atoms with E-state index in [0.717, 1.165) is 0 Å². The number of nitrogens with zero attached hydrogens (tertiary/aromatic N) is 1. The zero-order chi connectivity index (χ0) is 23.7. The molecule has 2 aromatic rings. The number of carbonyl (C=O) groups is 1. The van der Waals surface area contributed by atoms with Crippen molar-refractivity contribution in [3.63, 3.8) is 0 Å². The second kappa shape index (κ2) is 9.03. The van der Waals surface area contributed by atoms with Gasteiger partial charge in [-0.2, -0.15) is 0 Å². The predicted molar refractivity (Wildman–Crippen MR) is 134 cm³/mol. The number of hydrogen-bond donors (Lipinski definition) is 0. The lowest BCUT2D eigenvalue weighted by atomic mass is 10.1. The number of rotatable bonds is 6. The van der Waals surface area contributed by atoms with Crippen LogP contribution in [0.3, 0.4) is 0 Å². The summed E-state index contributed by atoms with van der Waals surface area (Å²) in [4.78, 5) is 14.7. The van der Waals surface area contributed by atoms with Crippen molar-refractivity contribution in [2.75, 3.05) is 6.61 Å². The van der Waals surface area contributed by atoms with Gasteiger partial charge in [0, 0.05) is 0 Å². The van der Waals surface area contributed by atoms with Gasteiger partial charge in [-0.05, 0) is 42.1 Å². The van der Waals surface area contributed by atoms with E-state index in [1.54, 1.807) is 0 Å². The van der Waals surface area contributed by atoms with Gasteiger partial charge in [-0.3, -0.25) is 4.90 Å². The van der Waals surface area contributed by atoms with Gasteiger partial charge in [0.15, 0.2) is 0 Å². The smallest absolute Gasteiger partial charge is 0.411 e. The van der Waals surface area contributed by atoms with E-state index in [9.17, 15) is 4.79 Å². The highest BCUT2D eigenvalue weighted by atomic mass is 28.4. The summed E-state index contributed by atoms with van der Waals surface area (Å²) in [7, 11) is -2.63. The van der Waals surface area contributed by atoms with Crippen LogP contribution < -0.4 is 10.4 Å². The topological polar surface area (TPSA) is 38.5 Å². The molecule has 0 bridgehead atoms. The van der Waals surface area contributed by atoms with Gasteiger partial charge in [0.25, 0.3) is 8.32 Å². The van der Waals surface area contributed by atoms with Crippen molar-refractivity contribution < 1.29 is 14.0 Å². The maximum atomic E-state index is 12.9. The van der Waals surface area contributed by atoms with Gasteiger partial charge in [0.05, 0.1) is 18.7 Å². The van der Waals surface area contributed by atoms with E-state index < -0.39 is 13.9 Å². The molecule has 1 aliphatic rings. The van der Waals surface area contributed by atoms with Gasteiger partial charge < -0.3 is 9.16 Å². The second-order valence-corrected chi connectivity index (χ2v) is 15.5. The van der Waals surface area contributed by atoms with Crippen LogP contribution >= 0.6 is 0 Å². The van der Waals surface area contributed by atoms with Crippen molar-refractivity contribution in [1.82, 2.24) is 4.90 Å². The van der Waals surface area contributed by atoms with Gasteiger partial charge >= 0.3 is 6.09 Å². The molecule has 0 aromatic heterocycles. The van der Waals surface area contributed by atoms with Crippen LogP contribution in [0.1, 0.15) is 55.4 Å². The van der Waals surface area contributed by atoms with Crippen LogP contribution in [0.15, 0.2) is 60.7 Å². The molecule has 32 heavy (non-hydrogen) atoms. The molecule has 0 saturated carbocycles. The van der Waals surface area contributed by atoms with Crippen LogP contribution in [0.4, 0.5) is 4.79 Å². The molecule has 1 fully saturated rings. The summed E-state index contributed by atoms with van der Waals surface area (Å²) in [6.07, 6.45) is -0.243. The van der Waals surface area contributed by atoms with Crippen molar-refractivity contribution in [2.45, 2.75) is 78.1 Å². The van der Waals surface area contributed by atoms with E-state index in [1.807, 2.05) is 25.7 Å². The number of amides is 1. The third-order valence-electron chi connectivity index (χ3n) is 6.16. The van der Waals surface area contributed by atoms with Crippen LogP contribution in [0.5, 0.6) is 0 Å². The van der Waals surface area contributed by atoms with Gasteiger partial charge in [0.2, 0.25) is 0 Å². The number of carbonyl (C=O) groups excluding carboxylic acids is 1. The van der Waals surface area contributed by atoms with Crippen molar-refractivity contribution in [3.8, 4) is 0 Å². The van der Waals surface area contributed by atoms with Crippen molar-refractivity contribution in [2.24, 2.45) is 5.92 Å². The lowest BCUT2D eigenvalue weighted by molar-refractivity contribution is 0.0377. The molecule has 1 amide bonds. The summed E-state index contributed by atoms with van der Waals surface area (Å²) in [5, 5.41) is 2.42. The molecule has 0 aliphatic carbocycles. The van der Waals surface area contributed by atoms with E-state index in [1.165, 1.54) is 10.4 Å². The lowest BCUT2D eigenvalue weighted by Crippen LogP contribution is -2.67. The summed E-state index contributed by atoms with van der Waals surface area (Å²) in [5.74, 6) is 0.343. The van der Waals surface area contributed by atoms with Crippen LogP contribution in [0.25, 0.3) is 0 Å². The Morgan fingerprint density at radius 2 is 1.38 bits per heavy atom. The Balaban J connectivity index is 1.95. The Labute approximate surface area is 195 Å². The van der Waals surface area contributed by atoms with E-state index in [0.29, 0.717) is 12.5 Å². The summed E-state index contributed by atoms with van der Waals surface area (Å²) >= 11 is 0. The zero-order valence-corrected chi connectivity index (χ0v) is 21.9. The summed E-state index contributed by atoms with van der Waals surface area (Å²) in [6.45, 7) is 17.4. The average molecular weight is 454 g/mol. The number of ether oxygens (including phenoxy) is 1. The lowest BCUT2D eigenvalue weighted by Gasteiger charge is -2.43. The van der Waals surface area contributed by atoms with E-state index in [2.05, 4.69) is 95.3 Å². The minimum atomic E-state index is -2.63. The molecule has 174 valence electrons. The average Bonchev–Trinajstić information content (AvgIpc) is 3.43. The molecule has 0 spiro atoms. The monoisotopic (exact) mass is 453 g/mol. The SMILES string of the molecule is CC(C)C1C(CO[Si](c2ccccc2)(c2ccccc2)C(C)(C)C)N1C(=O)OC(C)(C)C. The molecule has 3 rings (SSSR count). The molecule has 4 nitrogen and oxygen atoms in total. The first-order valence-electron chi connectivity index (χ1n) is 11.6. The van der Waals surface area contributed by atoms with E-state index >= 15 is 0 Å².